The van der Waals surface area contributed by atoms with Crippen LogP contribution in [0.3, 0.4) is 0 Å². The zero-order chi connectivity index (χ0) is 14.5. The van der Waals surface area contributed by atoms with E-state index in [1.165, 1.54) is 0 Å². The van der Waals surface area contributed by atoms with Crippen LogP contribution in [0.5, 0.6) is 0 Å². The first-order chi connectivity index (χ1) is 10.3. The Morgan fingerprint density at radius 1 is 1.19 bits per heavy atom. The number of hydrogen-bond acceptors (Lipinski definition) is 4. The highest BCUT2D eigenvalue weighted by atomic mass is 16.2. The van der Waals surface area contributed by atoms with Crippen molar-refractivity contribution in [2.24, 2.45) is 0 Å². The van der Waals surface area contributed by atoms with Crippen LogP contribution in [0.4, 0.5) is 10.6 Å². The van der Waals surface area contributed by atoms with E-state index in [-0.39, 0.29) is 18.1 Å². The van der Waals surface area contributed by atoms with Crippen LogP contribution in [0.25, 0.3) is 0 Å². The van der Waals surface area contributed by atoms with Crippen molar-refractivity contribution in [2.45, 2.75) is 31.3 Å². The third-order valence-electron chi connectivity index (χ3n) is 4.20. The van der Waals surface area contributed by atoms with Crippen LogP contribution >= 0.6 is 0 Å². The maximum atomic E-state index is 11.9. The van der Waals surface area contributed by atoms with E-state index in [1.54, 1.807) is 0 Å². The molecule has 3 rings (SSSR count). The van der Waals surface area contributed by atoms with Gasteiger partial charge in [-0.05, 0) is 37.9 Å². The summed E-state index contributed by atoms with van der Waals surface area (Å²) in [5.41, 5.74) is 0. The molecule has 0 spiro atoms. The van der Waals surface area contributed by atoms with Gasteiger partial charge in [0.25, 0.3) is 0 Å². The zero-order valence-corrected chi connectivity index (χ0v) is 12.2. The van der Waals surface area contributed by atoms with Gasteiger partial charge in [0.2, 0.25) is 0 Å². The van der Waals surface area contributed by atoms with Gasteiger partial charge in [-0.15, -0.1) is 0 Å². The highest BCUT2D eigenvalue weighted by molar-refractivity contribution is 5.74. The lowest BCUT2D eigenvalue weighted by Crippen LogP contribution is -2.50. The number of amides is 2. The molecule has 1 atom stereocenters. The number of hydrogen-bond donors (Lipinski definition) is 3. The Morgan fingerprint density at radius 3 is 2.67 bits per heavy atom. The molecule has 6 heteroatoms. The molecule has 2 saturated heterocycles. The Kier molecular flexibility index (Phi) is 4.55. The van der Waals surface area contributed by atoms with Crippen molar-refractivity contribution in [3.05, 3.63) is 24.4 Å². The van der Waals surface area contributed by atoms with Crippen LogP contribution in [-0.2, 0) is 0 Å². The van der Waals surface area contributed by atoms with Gasteiger partial charge >= 0.3 is 6.03 Å². The molecular formula is C15H23N5O. The molecule has 0 bridgehead atoms. The largest absolute Gasteiger partial charge is 0.356 e. The number of aromatic nitrogens is 1. The topological polar surface area (TPSA) is 69.3 Å². The lowest BCUT2D eigenvalue weighted by atomic mass is 10.1. The molecule has 2 aliphatic heterocycles. The van der Waals surface area contributed by atoms with Crippen LogP contribution in [0, 0.1) is 0 Å². The van der Waals surface area contributed by atoms with E-state index in [0.29, 0.717) is 0 Å². The standard InChI is InChI=1S/C15H23N5O/c21-15(19-13-4-8-16-11-13)18-12-5-9-20(10-6-12)14-3-1-2-7-17-14/h1-3,7,12-13,16H,4-6,8-11H2,(H2,18,19,21)/t13-/m1/s1. The molecular weight excluding hydrogens is 266 g/mol. The number of anilines is 1. The second-order valence-electron chi connectivity index (χ2n) is 5.76. The van der Waals surface area contributed by atoms with E-state index in [0.717, 1.165) is 51.3 Å². The van der Waals surface area contributed by atoms with Crippen molar-refractivity contribution in [3.8, 4) is 0 Å². The number of piperidine rings is 1. The minimum atomic E-state index is -0.0278. The third-order valence-corrected chi connectivity index (χ3v) is 4.20. The van der Waals surface area contributed by atoms with Gasteiger partial charge < -0.3 is 20.9 Å². The maximum absolute atomic E-state index is 11.9. The van der Waals surface area contributed by atoms with E-state index >= 15 is 0 Å². The average molecular weight is 289 g/mol. The molecule has 3 N–H and O–H groups in total. The summed E-state index contributed by atoms with van der Waals surface area (Å²) in [5.74, 6) is 1.03. The molecule has 1 aromatic rings. The summed E-state index contributed by atoms with van der Waals surface area (Å²) in [6.07, 6.45) is 4.77. The molecule has 2 amide bonds. The second-order valence-corrected chi connectivity index (χ2v) is 5.76. The number of carbonyl (C=O) groups is 1. The fraction of sp³-hybridized carbons (Fsp3) is 0.600. The first-order valence-electron chi connectivity index (χ1n) is 7.75. The average Bonchev–Trinajstić information content (AvgIpc) is 3.02. The summed E-state index contributed by atoms with van der Waals surface area (Å²) in [6.45, 7) is 3.75. The number of rotatable bonds is 3. The number of pyridine rings is 1. The van der Waals surface area contributed by atoms with Gasteiger partial charge in [0.15, 0.2) is 0 Å². The molecule has 0 radical (unpaired) electrons. The summed E-state index contributed by atoms with van der Waals surface area (Å²) in [7, 11) is 0. The summed E-state index contributed by atoms with van der Waals surface area (Å²) >= 11 is 0. The molecule has 2 fully saturated rings. The van der Waals surface area contributed by atoms with Gasteiger partial charge in [-0.1, -0.05) is 6.07 Å². The van der Waals surface area contributed by atoms with Crippen LogP contribution < -0.4 is 20.9 Å². The number of carbonyl (C=O) groups excluding carboxylic acids is 1. The number of nitrogens with one attached hydrogen (secondary N) is 3. The third kappa shape index (κ3) is 3.85. The quantitative estimate of drug-likeness (QED) is 0.766. The molecule has 6 nitrogen and oxygen atoms in total. The predicted octanol–water partition coefficient (Wildman–Crippen LogP) is 0.711. The van der Waals surface area contributed by atoms with Crippen molar-refractivity contribution in [3.63, 3.8) is 0 Å². The molecule has 0 unspecified atom stereocenters. The van der Waals surface area contributed by atoms with E-state index in [2.05, 4.69) is 25.8 Å². The Labute approximate surface area is 125 Å². The van der Waals surface area contributed by atoms with E-state index in [4.69, 9.17) is 0 Å². The highest BCUT2D eigenvalue weighted by Crippen LogP contribution is 2.17. The van der Waals surface area contributed by atoms with Gasteiger partial charge in [-0.3, -0.25) is 0 Å². The molecule has 2 aliphatic rings. The molecule has 0 saturated carbocycles. The summed E-state index contributed by atoms with van der Waals surface area (Å²) in [6, 6.07) is 6.49. The number of nitrogens with zero attached hydrogens (tertiary/aromatic N) is 2. The fourth-order valence-electron chi connectivity index (χ4n) is 2.98. The molecule has 0 aromatic carbocycles. The van der Waals surface area contributed by atoms with Gasteiger partial charge in [0, 0.05) is 37.9 Å². The van der Waals surface area contributed by atoms with Crippen molar-refractivity contribution >= 4 is 11.8 Å². The summed E-state index contributed by atoms with van der Waals surface area (Å²) < 4.78 is 0. The minimum Gasteiger partial charge on any atom is -0.356 e. The fourth-order valence-corrected chi connectivity index (χ4v) is 2.98. The van der Waals surface area contributed by atoms with Crippen LogP contribution in [-0.4, -0.2) is 49.3 Å². The lowest BCUT2D eigenvalue weighted by molar-refractivity contribution is 0.231. The number of urea groups is 1. The Hall–Kier alpha value is -1.82. The van der Waals surface area contributed by atoms with Gasteiger partial charge in [0.1, 0.15) is 5.82 Å². The summed E-state index contributed by atoms with van der Waals surface area (Å²) in [4.78, 5) is 18.6. The lowest BCUT2D eigenvalue weighted by Gasteiger charge is -2.33. The van der Waals surface area contributed by atoms with Gasteiger partial charge in [-0.2, -0.15) is 0 Å². The van der Waals surface area contributed by atoms with Crippen LogP contribution in [0.15, 0.2) is 24.4 Å². The zero-order valence-electron chi connectivity index (χ0n) is 12.2. The smallest absolute Gasteiger partial charge is 0.315 e. The van der Waals surface area contributed by atoms with Crippen LogP contribution in [0.1, 0.15) is 19.3 Å². The van der Waals surface area contributed by atoms with Crippen LogP contribution in [0.2, 0.25) is 0 Å². The first kappa shape index (κ1) is 14.1. The van der Waals surface area contributed by atoms with Crippen molar-refractivity contribution < 1.29 is 4.79 Å². The SMILES string of the molecule is O=C(NC1CCN(c2ccccn2)CC1)N[C@@H]1CCNC1. The Morgan fingerprint density at radius 2 is 2.00 bits per heavy atom. The Bertz CT molecular complexity index is 452. The van der Waals surface area contributed by atoms with E-state index in [1.807, 2.05) is 24.4 Å². The molecule has 1 aromatic heterocycles. The van der Waals surface area contributed by atoms with Crippen molar-refractivity contribution in [1.29, 1.82) is 0 Å². The van der Waals surface area contributed by atoms with E-state index in [9.17, 15) is 4.79 Å². The van der Waals surface area contributed by atoms with Gasteiger partial charge in [0.05, 0.1) is 0 Å². The van der Waals surface area contributed by atoms with Gasteiger partial charge in [-0.25, -0.2) is 9.78 Å². The predicted molar refractivity (Wildman–Crippen MR) is 82.4 cm³/mol. The molecule has 114 valence electrons. The van der Waals surface area contributed by atoms with Crippen molar-refractivity contribution in [2.75, 3.05) is 31.1 Å². The van der Waals surface area contributed by atoms with E-state index < -0.39 is 0 Å². The Balaban J connectivity index is 1.42. The summed E-state index contributed by atoms with van der Waals surface area (Å²) in [5, 5.41) is 9.37. The first-order valence-corrected chi connectivity index (χ1v) is 7.75. The van der Waals surface area contributed by atoms with Crippen molar-refractivity contribution in [1.82, 2.24) is 20.9 Å². The maximum Gasteiger partial charge on any atom is 0.315 e. The normalized spacial score (nSPS) is 23.0. The molecule has 3 heterocycles. The highest BCUT2D eigenvalue weighted by Gasteiger charge is 2.23. The molecule has 0 aliphatic carbocycles. The minimum absolute atomic E-state index is 0.0278. The second kappa shape index (κ2) is 6.76. The monoisotopic (exact) mass is 289 g/mol. The molecule has 21 heavy (non-hydrogen) atoms.